The van der Waals surface area contributed by atoms with E-state index in [4.69, 9.17) is 19.6 Å². The van der Waals surface area contributed by atoms with Crippen molar-refractivity contribution >= 4 is 6.01 Å². The van der Waals surface area contributed by atoms with Gasteiger partial charge in [-0.15, -0.1) is 0 Å². The van der Waals surface area contributed by atoms with Crippen LogP contribution in [0.2, 0.25) is 0 Å². The van der Waals surface area contributed by atoms with E-state index in [1.54, 1.807) is 0 Å². The van der Waals surface area contributed by atoms with Crippen molar-refractivity contribution in [1.29, 1.82) is 0 Å². The molecule has 0 unspecified atom stereocenters. The summed E-state index contributed by atoms with van der Waals surface area (Å²) >= 11 is 0. The van der Waals surface area contributed by atoms with E-state index < -0.39 is 0 Å². The second-order valence-electron chi connectivity index (χ2n) is 4.94. The minimum atomic E-state index is 0.191. The van der Waals surface area contributed by atoms with Gasteiger partial charge in [0, 0.05) is 5.56 Å². The topological polar surface area (TPSA) is 70.5 Å². The molecule has 2 heterocycles. The molecule has 0 atom stereocenters. The fourth-order valence-corrected chi connectivity index (χ4v) is 2.22. The number of aryl methyl sites for hydroxylation is 1. The Morgan fingerprint density at radius 3 is 2.58 bits per heavy atom. The Morgan fingerprint density at radius 1 is 1.21 bits per heavy atom. The summed E-state index contributed by atoms with van der Waals surface area (Å²) in [7, 11) is 0. The molecule has 3 rings (SSSR count). The van der Waals surface area contributed by atoms with E-state index in [9.17, 15) is 0 Å². The van der Waals surface area contributed by atoms with Crippen molar-refractivity contribution in [3.05, 3.63) is 23.4 Å². The lowest BCUT2D eigenvalue weighted by Crippen LogP contribution is -1.93. The predicted molar refractivity (Wildman–Crippen MR) is 71.3 cm³/mol. The molecule has 100 valence electrons. The summed E-state index contributed by atoms with van der Waals surface area (Å²) in [6.45, 7) is 6.38. The van der Waals surface area contributed by atoms with Gasteiger partial charge in [0.25, 0.3) is 6.01 Å². The van der Waals surface area contributed by atoms with Crippen LogP contribution in [0.15, 0.2) is 16.5 Å². The maximum Gasteiger partial charge on any atom is 0.292 e. The van der Waals surface area contributed by atoms with E-state index in [-0.39, 0.29) is 18.7 Å². The number of benzene rings is 1. The Hall–Kier alpha value is -2.17. The molecule has 1 aromatic heterocycles. The Morgan fingerprint density at radius 2 is 1.89 bits per heavy atom. The van der Waals surface area contributed by atoms with Crippen molar-refractivity contribution in [2.45, 2.75) is 26.7 Å². The monoisotopic (exact) mass is 260 g/mol. The Balaban J connectivity index is 2.17. The number of aromatic nitrogens is 1. The largest absolute Gasteiger partial charge is 0.454 e. The van der Waals surface area contributed by atoms with Crippen molar-refractivity contribution in [3.8, 4) is 22.8 Å². The minimum absolute atomic E-state index is 0.191. The first-order chi connectivity index (χ1) is 9.06. The zero-order chi connectivity index (χ0) is 13.6. The second-order valence-corrected chi connectivity index (χ2v) is 4.94. The number of ether oxygens (including phenoxy) is 2. The maximum absolute atomic E-state index is 5.68. The molecule has 2 N–H and O–H groups in total. The molecule has 5 heteroatoms. The zero-order valence-electron chi connectivity index (χ0n) is 11.2. The highest BCUT2D eigenvalue weighted by Crippen LogP contribution is 2.40. The molecule has 0 amide bonds. The van der Waals surface area contributed by atoms with Gasteiger partial charge < -0.3 is 19.6 Å². The molecule has 1 aliphatic rings. The molecule has 2 aromatic rings. The van der Waals surface area contributed by atoms with Gasteiger partial charge in [-0.25, -0.2) is 0 Å². The van der Waals surface area contributed by atoms with Gasteiger partial charge in [0.1, 0.15) is 0 Å². The first-order valence-electron chi connectivity index (χ1n) is 6.23. The summed E-state index contributed by atoms with van der Waals surface area (Å²) in [5.74, 6) is 2.44. The lowest BCUT2D eigenvalue weighted by Gasteiger charge is -2.08. The van der Waals surface area contributed by atoms with Gasteiger partial charge in [0.15, 0.2) is 17.3 Å². The molecule has 0 radical (unpaired) electrons. The standard InChI is InChI=1S/C14H16N2O3/c1-7(2)12-13(19-14(15)16-12)9-5-11-10(4-8(9)3)17-6-18-11/h4-5,7H,6H2,1-3H3,(H2,15,16). The molecule has 19 heavy (non-hydrogen) atoms. The number of nitrogens with two attached hydrogens (primary N) is 1. The number of hydrogen-bond acceptors (Lipinski definition) is 5. The lowest BCUT2D eigenvalue weighted by molar-refractivity contribution is 0.174. The van der Waals surface area contributed by atoms with E-state index in [0.29, 0.717) is 5.76 Å². The average Bonchev–Trinajstić information content (AvgIpc) is 2.93. The third-order valence-corrected chi connectivity index (χ3v) is 3.18. The summed E-state index contributed by atoms with van der Waals surface area (Å²) in [6.07, 6.45) is 0. The average molecular weight is 260 g/mol. The number of oxazole rings is 1. The number of nitrogen functional groups attached to an aromatic ring is 1. The van der Waals surface area contributed by atoms with Crippen LogP contribution in [0, 0.1) is 6.92 Å². The normalized spacial score (nSPS) is 13.3. The van der Waals surface area contributed by atoms with Gasteiger partial charge in [-0.3, -0.25) is 0 Å². The van der Waals surface area contributed by atoms with Crippen molar-refractivity contribution in [3.63, 3.8) is 0 Å². The highest BCUT2D eigenvalue weighted by molar-refractivity contribution is 5.70. The summed E-state index contributed by atoms with van der Waals surface area (Å²) < 4.78 is 16.3. The Kier molecular flexibility index (Phi) is 2.62. The quantitative estimate of drug-likeness (QED) is 0.898. The molecule has 1 aliphatic heterocycles. The zero-order valence-corrected chi connectivity index (χ0v) is 11.2. The van der Waals surface area contributed by atoms with Crippen molar-refractivity contribution < 1.29 is 13.9 Å². The highest BCUT2D eigenvalue weighted by Gasteiger charge is 2.22. The van der Waals surface area contributed by atoms with E-state index in [1.807, 2.05) is 19.1 Å². The third-order valence-electron chi connectivity index (χ3n) is 3.18. The van der Waals surface area contributed by atoms with E-state index in [1.165, 1.54) is 0 Å². The van der Waals surface area contributed by atoms with Crippen LogP contribution >= 0.6 is 0 Å². The van der Waals surface area contributed by atoms with E-state index in [0.717, 1.165) is 28.3 Å². The van der Waals surface area contributed by atoms with E-state index >= 15 is 0 Å². The van der Waals surface area contributed by atoms with Crippen LogP contribution in [0.25, 0.3) is 11.3 Å². The number of hydrogen-bond donors (Lipinski definition) is 1. The Labute approximate surface area is 111 Å². The molecule has 0 fully saturated rings. The van der Waals surface area contributed by atoms with Crippen molar-refractivity contribution in [2.75, 3.05) is 12.5 Å². The summed E-state index contributed by atoms with van der Waals surface area (Å²) in [5.41, 5.74) is 8.53. The molecule has 0 aliphatic carbocycles. The molecule has 0 saturated carbocycles. The van der Waals surface area contributed by atoms with Crippen molar-refractivity contribution in [2.24, 2.45) is 0 Å². The molecule has 5 nitrogen and oxygen atoms in total. The first kappa shape index (κ1) is 11.9. The van der Waals surface area contributed by atoms with Gasteiger partial charge in [0.05, 0.1) is 5.69 Å². The number of nitrogens with zero attached hydrogens (tertiary/aromatic N) is 1. The summed E-state index contributed by atoms with van der Waals surface area (Å²) in [6, 6.07) is 4.06. The van der Waals surface area contributed by atoms with Gasteiger partial charge in [-0.05, 0) is 30.5 Å². The van der Waals surface area contributed by atoms with Crippen LogP contribution in [0.1, 0.15) is 31.0 Å². The smallest absolute Gasteiger partial charge is 0.292 e. The summed E-state index contributed by atoms with van der Waals surface area (Å²) in [5, 5.41) is 0. The van der Waals surface area contributed by atoms with Crippen LogP contribution in [-0.4, -0.2) is 11.8 Å². The highest BCUT2D eigenvalue weighted by atomic mass is 16.7. The predicted octanol–water partition coefficient (Wildman–Crippen LogP) is 3.08. The van der Waals surface area contributed by atoms with Gasteiger partial charge in [-0.2, -0.15) is 4.98 Å². The van der Waals surface area contributed by atoms with Crippen LogP contribution in [0.3, 0.4) is 0 Å². The fraction of sp³-hybridized carbons (Fsp3) is 0.357. The van der Waals surface area contributed by atoms with Gasteiger partial charge >= 0.3 is 0 Å². The fourth-order valence-electron chi connectivity index (χ4n) is 2.22. The molecule has 0 saturated heterocycles. The molecular formula is C14H16N2O3. The molecule has 0 spiro atoms. The van der Waals surface area contributed by atoms with E-state index in [2.05, 4.69) is 18.8 Å². The Bertz CT molecular complexity index is 632. The van der Waals surface area contributed by atoms with Crippen LogP contribution in [-0.2, 0) is 0 Å². The lowest BCUT2D eigenvalue weighted by atomic mass is 10.00. The second kappa shape index (κ2) is 4.19. The van der Waals surface area contributed by atoms with Crippen LogP contribution < -0.4 is 15.2 Å². The van der Waals surface area contributed by atoms with Crippen LogP contribution in [0.5, 0.6) is 11.5 Å². The first-order valence-corrected chi connectivity index (χ1v) is 6.23. The third kappa shape index (κ3) is 1.91. The van der Waals surface area contributed by atoms with Crippen molar-refractivity contribution in [1.82, 2.24) is 4.98 Å². The summed E-state index contributed by atoms with van der Waals surface area (Å²) in [4.78, 5) is 4.26. The number of rotatable bonds is 2. The number of fused-ring (bicyclic) bond motifs is 1. The maximum atomic E-state index is 5.68. The molecular weight excluding hydrogens is 244 g/mol. The van der Waals surface area contributed by atoms with Crippen LogP contribution in [0.4, 0.5) is 6.01 Å². The van der Waals surface area contributed by atoms with Gasteiger partial charge in [0.2, 0.25) is 6.79 Å². The minimum Gasteiger partial charge on any atom is -0.454 e. The number of anilines is 1. The SMILES string of the molecule is Cc1cc2c(cc1-c1oc(N)nc1C(C)C)OCO2. The molecule has 1 aromatic carbocycles. The van der Waals surface area contributed by atoms with Gasteiger partial charge in [-0.1, -0.05) is 13.8 Å². The molecule has 0 bridgehead atoms.